The number of nitriles is 1. The molecule has 9 heteroatoms. The topological polar surface area (TPSA) is 93.5 Å². The van der Waals surface area contributed by atoms with Crippen molar-refractivity contribution < 1.29 is 13.2 Å². The minimum Gasteiger partial charge on any atom is -0.370 e. The molecule has 2 aromatic carbocycles. The molecule has 1 saturated heterocycles. The fraction of sp³-hybridized carbons (Fsp3) is 0.333. The molecule has 1 N–H and O–H groups in total. The molecule has 33 heavy (non-hydrogen) atoms. The van der Waals surface area contributed by atoms with Gasteiger partial charge in [-0.25, -0.2) is 8.42 Å². The number of carbonyl (C=O) groups excluding carboxylic acids is 1. The Hall–Kier alpha value is -2.86. The molecule has 0 saturated carbocycles. The van der Waals surface area contributed by atoms with Crippen molar-refractivity contribution in [3.05, 3.63) is 58.6 Å². The lowest BCUT2D eigenvalue weighted by molar-refractivity contribution is -0.112. The van der Waals surface area contributed by atoms with Gasteiger partial charge in [0.25, 0.3) is 5.91 Å². The Labute approximate surface area is 200 Å². The molecule has 0 aromatic heterocycles. The number of amides is 1. The number of nitrogens with one attached hydrogen (secondary N) is 1. The molecule has 0 atom stereocenters. The van der Waals surface area contributed by atoms with Crippen molar-refractivity contribution in [2.45, 2.75) is 31.6 Å². The summed E-state index contributed by atoms with van der Waals surface area (Å²) in [5, 5.41) is 12.9. The van der Waals surface area contributed by atoms with Crippen LogP contribution in [-0.2, 0) is 14.8 Å². The molecule has 3 rings (SSSR count). The second kappa shape index (κ2) is 10.8. The van der Waals surface area contributed by atoms with E-state index in [0.29, 0.717) is 29.4 Å². The van der Waals surface area contributed by atoms with E-state index in [1.165, 1.54) is 16.4 Å². The highest BCUT2D eigenvalue weighted by Crippen LogP contribution is 2.32. The summed E-state index contributed by atoms with van der Waals surface area (Å²) in [6.45, 7) is 5.88. The van der Waals surface area contributed by atoms with Crippen molar-refractivity contribution in [1.29, 1.82) is 5.26 Å². The largest absolute Gasteiger partial charge is 0.370 e. The fourth-order valence-electron chi connectivity index (χ4n) is 3.79. The summed E-state index contributed by atoms with van der Waals surface area (Å²) < 4.78 is 27.5. The van der Waals surface area contributed by atoms with Gasteiger partial charge in [0.2, 0.25) is 10.0 Å². The Morgan fingerprint density at radius 3 is 2.36 bits per heavy atom. The van der Waals surface area contributed by atoms with Crippen molar-refractivity contribution in [3.8, 4) is 6.07 Å². The number of rotatable bonds is 8. The number of halogens is 1. The zero-order valence-electron chi connectivity index (χ0n) is 18.7. The number of anilines is 2. The van der Waals surface area contributed by atoms with Gasteiger partial charge in [-0.05, 0) is 54.8 Å². The van der Waals surface area contributed by atoms with E-state index in [4.69, 9.17) is 11.6 Å². The lowest BCUT2D eigenvalue weighted by Crippen LogP contribution is -2.31. The fourth-order valence-corrected chi connectivity index (χ4v) is 5.40. The third kappa shape index (κ3) is 5.74. The molecule has 7 nitrogen and oxygen atoms in total. The third-order valence-corrected chi connectivity index (χ3v) is 7.85. The van der Waals surface area contributed by atoms with E-state index in [-0.39, 0.29) is 10.5 Å². The molecule has 1 amide bonds. The van der Waals surface area contributed by atoms with Gasteiger partial charge in [-0.2, -0.15) is 9.57 Å². The lowest BCUT2D eigenvalue weighted by Gasteiger charge is -2.24. The van der Waals surface area contributed by atoms with Crippen LogP contribution >= 0.6 is 11.6 Å². The second-order valence-corrected chi connectivity index (χ2v) is 10.0. The summed E-state index contributed by atoms with van der Waals surface area (Å²) in [4.78, 5) is 15.2. The van der Waals surface area contributed by atoms with Crippen LogP contribution in [0.3, 0.4) is 0 Å². The molecule has 0 unspecified atom stereocenters. The summed E-state index contributed by atoms with van der Waals surface area (Å²) in [5.74, 6) is -0.606. The monoisotopic (exact) mass is 486 g/mol. The smallest absolute Gasteiger partial charge is 0.266 e. The van der Waals surface area contributed by atoms with Gasteiger partial charge in [0.05, 0.1) is 16.3 Å². The summed E-state index contributed by atoms with van der Waals surface area (Å²) in [7, 11) is -3.71. The zero-order chi connectivity index (χ0) is 24.0. The van der Waals surface area contributed by atoms with Gasteiger partial charge >= 0.3 is 0 Å². The van der Waals surface area contributed by atoms with Gasteiger partial charge < -0.3 is 10.2 Å². The van der Waals surface area contributed by atoms with Crippen molar-refractivity contribution in [2.75, 3.05) is 36.4 Å². The molecule has 1 heterocycles. The van der Waals surface area contributed by atoms with Crippen molar-refractivity contribution in [1.82, 2.24) is 4.31 Å². The van der Waals surface area contributed by atoms with Crippen LogP contribution in [0.25, 0.3) is 6.08 Å². The number of hydrogen-bond acceptors (Lipinski definition) is 5. The first-order valence-corrected chi connectivity index (χ1v) is 12.7. The van der Waals surface area contributed by atoms with E-state index >= 15 is 0 Å². The normalized spacial score (nSPS) is 14.4. The Morgan fingerprint density at radius 2 is 1.79 bits per heavy atom. The lowest BCUT2D eigenvalue weighted by atomic mass is 10.1. The van der Waals surface area contributed by atoms with E-state index in [1.807, 2.05) is 6.07 Å². The third-order valence-electron chi connectivity index (χ3n) is 5.55. The van der Waals surface area contributed by atoms with E-state index in [9.17, 15) is 18.5 Å². The molecule has 2 aromatic rings. The second-order valence-electron chi connectivity index (χ2n) is 7.64. The van der Waals surface area contributed by atoms with Crippen LogP contribution in [0.5, 0.6) is 0 Å². The van der Waals surface area contributed by atoms with Crippen LogP contribution in [0.4, 0.5) is 11.4 Å². The molecule has 0 bridgehead atoms. The summed E-state index contributed by atoms with van der Waals surface area (Å²) >= 11 is 5.90. The van der Waals surface area contributed by atoms with Crippen LogP contribution in [0.2, 0.25) is 5.02 Å². The molecule has 1 aliphatic heterocycles. The Morgan fingerprint density at radius 1 is 1.15 bits per heavy atom. The maximum Gasteiger partial charge on any atom is 0.266 e. The van der Waals surface area contributed by atoms with Crippen molar-refractivity contribution >= 4 is 45.0 Å². The maximum absolute atomic E-state index is 13.0. The standard InChI is InChI=1S/C24H27ClN4O3S/c1-3-29(4-2)33(31,32)21-11-12-23(28-13-5-6-14-28)22(16-21)27-24(30)19(17-26)15-18-7-9-20(25)10-8-18/h7-12,15-16H,3-6,13-14H2,1-2H3,(H,27,30)/b19-15-. The molecule has 0 spiro atoms. The highest BCUT2D eigenvalue weighted by atomic mass is 35.5. The Bertz CT molecular complexity index is 1180. The van der Waals surface area contributed by atoms with Crippen LogP contribution < -0.4 is 10.2 Å². The number of sulfonamides is 1. The van der Waals surface area contributed by atoms with Gasteiger partial charge in [0, 0.05) is 31.2 Å². The van der Waals surface area contributed by atoms with E-state index in [0.717, 1.165) is 31.6 Å². The first kappa shape index (κ1) is 24.8. The molecular weight excluding hydrogens is 460 g/mol. The van der Waals surface area contributed by atoms with Gasteiger partial charge in [0.15, 0.2) is 0 Å². The van der Waals surface area contributed by atoms with Crippen LogP contribution in [0.15, 0.2) is 52.9 Å². The highest BCUT2D eigenvalue weighted by molar-refractivity contribution is 7.89. The van der Waals surface area contributed by atoms with Crippen LogP contribution in [0.1, 0.15) is 32.3 Å². The minimum atomic E-state index is -3.71. The van der Waals surface area contributed by atoms with Gasteiger partial charge in [-0.1, -0.05) is 37.6 Å². The van der Waals surface area contributed by atoms with Crippen LogP contribution in [0, 0.1) is 11.3 Å². The maximum atomic E-state index is 13.0. The van der Waals surface area contributed by atoms with Gasteiger partial charge in [0.1, 0.15) is 11.6 Å². The molecular formula is C24H27ClN4O3S. The summed E-state index contributed by atoms with van der Waals surface area (Å²) in [6, 6.07) is 13.5. The van der Waals surface area contributed by atoms with Gasteiger partial charge in [-0.15, -0.1) is 0 Å². The molecule has 0 aliphatic carbocycles. The zero-order valence-corrected chi connectivity index (χ0v) is 20.3. The number of hydrogen-bond donors (Lipinski definition) is 1. The first-order valence-electron chi connectivity index (χ1n) is 10.9. The molecule has 0 radical (unpaired) electrons. The Balaban J connectivity index is 1.99. The SMILES string of the molecule is CCN(CC)S(=O)(=O)c1ccc(N2CCCC2)c(NC(=O)/C(C#N)=C\c2ccc(Cl)cc2)c1. The summed E-state index contributed by atoms with van der Waals surface area (Å²) in [5.41, 5.74) is 1.67. The van der Waals surface area contributed by atoms with E-state index in [2.05, 4.69) is 10.2 Å². The average molecular weight is 487 g/mol. The van der Waals surface area contributed by atoms with Crippen molar-refractivity contribution in [2.24, 2.45) is 0 Å². The average Bonchev–Trinajstić information content (AvgIpc) is 3.34. The van der Waals surface area contributed by atoms with E-state index in [1.54, 1.807) is 50.2 Å². The number of benzene rings is 2. The number of nitrogens with zero attached hydrogens (tertiary/aromatic N) is 3. The Kier molecular flexibility index (Phi) is 8.14. The summed E-state index contributed by atoms with van der Waals surface area (Å²) in [6.07, 6.45) is 3.51. The molecule has 1 fully saturated rings. The predicted octanol–water partition coefficient (Wildman–Crippen LogP) is 4.52. The van der Waals surface area contributed by atoms with Crippen molar-refractivity contribution in [3.63, 3.8) is 0 Å². The van der Waals surface area contributed by atoms with Gasteiger partial charge in [-0.3, -0.25) is 4.79 Å². The number of carbonyl (C=O) groups is 1. The van der Waals surface area contributed by atoms with E-state index < -0.39 is 15.9 Å². The van der Waals surface area contributed by atoms with Crippen LogP contribution in [-0.4, -0.2) is 44.8 Å². The molecule has 174 valence electrons. The predicted molar refractivity (Wildman–Crippen MR) is 132 cm³/mol. The first-order chi connectivity index (χ1) is 15.8. The minimum absolute atomic E-state index is 0.0957. The quantitative estimate of drug-likeness (QED) is 0.437. The molecule has 1 aliphatic rings. The highest BCUT2D eigenvalue weighted by Gasteiger charge is 2.25.